The SMILES string of the molecule is Cc1ccc(S(=O)(=O)n2ccc3c2ncc2nc([C@@H](C)O)n(N4CCCC(CC#N)CC4)c23)cc1. The third kappa shape index (κ3) is 4.05. The zero-order valence-corrected chi connectivity index (χ0v) is 20.6. The molecule has 1 aliphatic rings. The molecule has 1 fully saturated rings. The second-order valence-corrected chi connectivity index (χ2v) is 11.0. The van der Waals surface area contributed by atoms with Gasteiger partial charge in [0.25, 0.3) is 10.0 Å². The number of aliphatic hydroxyl groups is 1. The highest BCUT2D eigenvalue weighted by molar-refractivity contribution is 7.90. The second-order valence-electron chi connectivity index (χ2n) is 9.23. The van der Waals surface area contributed by atoms with Gasteiger partial charge in [-0.1, -0.05) is 17.7 Å². The molecule has 0 spiro atoms. The van der Waals surface area contributed by atoms with Gasteiger partial charge >= 0.3 is 0 Å². The van der Waals surface area contributed by atoms with E-state index in [0.717, 1.165) is 36.9 Å². The number of rotatable bonds is 5. The van der Waals surface area contributed by atoms with Crippen LogP contribution in [0, 0.1) is 24.2 Å². The van der Waals surface area contributed by atoms with Crippen molar-refractivity contribution in [2.45, 2.75) is 50.5 Å². The minimum Gasteiger partial charge on any atom is -0.385 e. The zero-order valence-electron chi connectivity index (χ0n) is 19.8. The first-order valence-electron chi connectivity index (χ1n) is 11.8. The molecule has 1 unspecified atom stereocenters. The summed E-state index contributed by atoms with van der Waals surface area (Å²) >= 11 is 0. The van der Waals surface area contributed by atoms with E-state index in [1.807, 2.05) is 11.6 Å². The van der Waals surface area contributed by atoms with Gasteiger partial charge in [0, 0.05) is 31.1 Å². The predicted molar refractivity (Wildman–Crippen MR) is 133 cm³/mol. The number of pyridine rings is 1. The van der Waals surface area contributed by atoms with E-state index in [4.69, 9.17) is 5.26 Å². The summed E-state index contributed by atoms with van der Waals surface area (Å²) in [6, 6.07) is 10.8. The monoisotopic (exact) mass is 492 g/mol. The summed E-state index contributed by atoms with van der Waals surface area (Å²) in [6.07, 6.45) is 5.56. The van der Waals surface area contributed by atoms with Crippen LogP contribution in [0.4, 0.5) is 0 Å². The van der Waals surface area contributed by atoms with Gasteiger partial charge in [-0.25, -0.2) is 27.0 Å². The Morgan fingerprint density at radius 2 is 1.97 bits per heavy atom. The van der Waals surface area contributed by atoms with Crippen molar-refractivity contribution < 1.29 is 13.5 Å². The highest BCUT2D eigenvalue weighted by Crippen LogP contribution is 2.31. The molecular formula is C25H28N6O3S. The van der Waals surface area contributed by atoms with Crippen molar-refractivity contribution in [2.75, 3.05) is 18.1 Å². The molecular weight excluding hydrogens is 464 g/mol. The van der Waals surface area contributed by atoms with Crippen LogP contribution in [0.2, 0.25) is 0 Å². The third-order valence-corrected chi connectivity index (χ3v) is 8.42. The first-order valence-corrected chi connectivity index (χ1v) is 13.3. The maximum Gasteiger partial charge on any atom is 0.269 e. The number of hydrogen-bond donors (Lipinski definition) is 1. The average molecular weight is 493 g/mol. The minimum absolute atomic E-state index is 0.191. The number of benzene rings is 1. The first-order chi connectivity index (χ1) is 16.8. The Morgan fingerprint density at radius 3 is 2.69 bits per heavy atom. The van der Waals surface area contributed by atoms with E-state index in [9.17, 15) is 13.5 Å². The lowest BCUT2D eigenvalue weighted by Crippen LogP contribution is -2.37. The number of imidazole rings is 1. The molecule has 4 aromatic rings. The van der Waals surface area contributed by atoms with Crippen LogP contribution in [0.5, 0.6) is 0 Å². The number of aryl methyl sites for hydroxylation is 1. The summed E-state index contributed by atoms with van der Waals surface area (Å²) in [5, 5.41) is 22.5. The Kier molecular flexibility index (Phi) is 5.99. The van der Waals surface area contributed by atoms with Gasteiger partial charge < -0.3 is 10.1 Å². The molecule has 9 nitrogen and oxygen atoms in total. The van der Waals surface area contributed by atoms with E-state index >= 15 is 0 Å². The summed E-state index contributed by atoms with van der Waals surface area (Å²) < 4.78 is 30.0. The summed E-state index contributed by atoms with van der Waals surface area (Å²) in [5.74, 6) is 0.833. The quantitative estimate of drug-likeness (QED) is 0.452. The highest BCUT2D eigenvalue weighted by Gasteiger charge is 2.27. The fraction of sp³-hybridized carbons (Fsp3) is 0.400. The van der Waals surface area contributed by atoms with E-state index in [0.29, 0.717) is 41.3 Å². The summed E-state index contributed by atoms with van der Waals surface area (Å²) in [5.41, 5.74) is 2.61. The van der Waals surface area contributed by atoms with Crippen molar-refractivity contribution in [3.05, 3.63) is 54.1 Å². The van der Waals surface area contributed by atoms with Gasteiger partial charge in [-0.05, 0) is 57.2 Å². The van der Waals surface area contributed by atoms with Crippen molar-refractivity contribution in [1.29, 1.82) is 5.26 Å². The largest absolute Gasteiger partial charge is 0.385 e. The van der Waals surface area contributed by atoms with E-state index < -0.39 is 16.1 Å². The summed E-state index contributed by atoms with van der Waals surface area (Å²) in [7, 11) is -3.84. The van der Waals surface area contributed by atoms with Crippen LogP contribution >= 0.6 is 0 Å². The number of fused-ring (bicyclic) bond motifs is 3. The fourth-order valence-corrected chi connectivity index (χ4v) is 6.19. The average Bonchev–Trinajstić information content (AvgIpc) is 3.36. The molecule has 0 amide bonds. The normalized spacial score (nSPS) is 18.0. The van der Waals surface area contributed by atoms with Crippen LogP contribution in [-0.2, 0) is 10.0 Å². The third-order valence-electron chi connectivity index (χ3n) is 6.74. The number of hydrogen-bond acceptors (Lipinski definition) is 7. The summed E-state index contributed by atoms with van der Waals surface area (Å²) in [4.78, 5) is 9.32. The predicted octanol–water partition coefficient (Wildman–Crippen LogP) is 3.64. The molecule has 2 atom stereocenters. The molecule has 1 saturated heterocycles. The topological polar surface area (TPSA) is 117 Å². The number of aliphatic hydroxyl groups excluding tert-OH is 1. The van der Waals surface area contributed by atoms with Crippen LogP contribution in [0.3, 0.4) is 0 Å². The lowest BCUT2D eigenvalue weighted by atomic mass is 9.98. The second kappa shape index (κ2) is 8.98. The maximum atomic E-state index is 13.4. The van der Waals surface area contributed by atoms with Crippen molar-refractivity contribution in [1.82, 2.24) is 18.6 Å². The zero-order chi connectivity index (χ0) is 24.7. The van der Waals surface area contributed by atoms with Gasteiger partial charge in [0.1, 0.15) is 17.1 Å². The maximum absolute atomic E-state index is 13.4. The van der Waals surface area contributed by atoms with Crippen molar-refractivity contribution in [3.63, 3.8) is 0 Å². The first kappa shape index (κ1) is 23.3. The van der Waals surface area contributed by atoms with Gasteiger partial charge in [-0.3, -0.25) is 0 Å². The molecule has 1 N–H and O–H groups in total. The van der Waals surface area contributed by atoms with Crippen molar-refractivity contribution >= 4 is 32.1 Å². The van der Waals surface area contributed by atoms with Crippen LogP contribution in [0.1, 0.15) is 50.1 Å². The number of nitrogens with zero attached hydrogens (tertiary/aromatic N) is 6. The molecule has 5 rings (SSSR count). The Balaban J connectivity index is 1.67. The van der Waals surface area contributed by atoms with Gasteiger partial charge in [0.15, 0.2) is 11.5 Å². The Hall–Kier alpha value is -3.42. The van der Waals surface area contributed by atoms with Gasteiger partial charge in [0.05, 0.1) is 17.2 Å². The molecule has 1 aromatic carbocycles. The molecule has 0 radical (unpaired) electrons. The molecule has 0 saturated carbocycles. The minimum atomic E-state index is -3.84. The molecule has 10 heteroatoms. The fourth-order valence-electron chi connectivity index (χ4n) is 4.89. The van der Waals surface area contributed by atoms with Crippen LogP contribution < -0.4 is 5.01 Å². The van der Waals surface area contributed by atoms with Gasteiger partial charge in [-0.15, -0.1) is 0 Å². The Labute approximate surface area is 204 Å². The van der Waals surface area contributed by atoms with Crippen LogP contribution in [0.15, 0.2) is 47.6 Å². The van der Waals surface area contributed by atoms with Crippen LogP contribution in [-0.4, -0.2) is 45.2 Å². The van der Waals surface area contributed by atoms with Gasteiger partial charge in [-0.2, -0.15) is 5.26 Å². The molecule has 0 bridgehead atoms. The molecule has 182 valence electrons. The van der Waals surface area contributed by atoms with E-state index in [-0.39, 0.29) is 4.90 Å². The molecule has 35 heavy (non-hydrogen) atoms. The highest BCUT2D eigenvalue weighted by atomic mass is 32.2. The lowest BCUT2D eigenvalue weighted by molar-refractivity contribution is 0.183. The van der Waals surface area contributed by atoms with E-state index in [2.05, 4.69) is 21.0 Å². The number of aromatic nitrogens is 4. The van der Waals surface area contributed by atoms with Gasteiger partial charge in [0.2, 0.25) is 0 Å². The van der Waals surface area contributed by atoms with Crippen molar-refractivity contribution in [2.24, 2.45) is 5.92 Å². The van der Waals surface area contributed by atoms with E-state index in [1.165, 1.54) is 10.2 Å². The Morgan fingerprint density at radius 1 is 1.20 bits per heavy atom. The molecule has 1 aliphatic heterocycles. The van der Waals surface area contributed by atoms with Crippen LogP contribution in [0.25, 0.3) is 22.1 Å². The Bertz CT molecular complexity index is 1530. The number of nitriles is 1. The lowest BCUT2D eigenvalue weighted by Gasteiger charge is -2.27. The smallest absolute Gasteiger partial charge is 0.269 e. The van der Waals surface area contributed by atoms with E-state index in [1.54, 1.807) is 43.5 Å². The van der Waals surface area contributed by atoms with Crippen molar-refractivity contribution in [3.8, 4) is 6.07 Å². The summed E-state index contributed by atoms with van der Waals surface area (Å²) in [6.45, 7) is 5.04. The molecule has 4 heterocycles. The standard InChI is InChI=1S/C25H28N6O3S/c1-17-5-7-20(8-6-17)35(33,34)30-15-11-21-23-22(16-27-25(21)30)28-24(18(2)32)31(23)29-13-3-4-19(9-12-26)10-14-29/h5-8,11,15-16,18-19,32H,3-4,9-10,13-14H2,1-2H3/t18-,19?/m1/s1. The molecule has 0 aliphatic carbocycles. The molecule has 3 aromatic heterocycles.